The average molecular weight is 287 g/mol. The molecule has 0 atom stereocenters. The highest BCUT2D eigenvalue weighted by Gasteiger charge is 1.98. The molecule has 0 amide bonds. The van der Waals surface area contributed by atoms with Gasteiger partial charge in [-0.2, -0.15) is 5.10 Å². The molecule has 0 aromatic carbocycles. The van der Waals surface area contributed by atoms with Crippen LogP contribution in [0.3, 0.4) is 0 Å². The minimum Gasteiger partial charge on any atom is -0.360 e. The second kappa shape index (κ2) is 4.76. The first-order valence-corrected chi connectivity index (χ1v) is 6.25. The molecule has 0 saturated heterocycles. The molecule has 15 heavy (non-hydrogen) atoms. The molecular formula is C9H11BrN4S. The molecule has 0 saturated carbocycles. The van der Waals surface area contributed by atoms with Gasteiger partial charge in [-0.15, -0.1) is 11.3 Å². The molecular weight excluding hydrogens is 276 g/mol. The van der Waals surface area contributed by atoms with Crippen LogP contribution in [0.1, 0.15) is 5.56 Å². The highest BCUT2D eigenvalue weighted by molar-refractivity contribution is 9.10. The lowest BCUT2D eigenvalue weighted by Gasteiger charge is -2.02. The van der Waals surface area contributed by atoms with Gasteiger partial charge >= 0.3 is 0 Å². The fourth-order valence-electron chi connectivity index (χ4n) is 1.20. The Morgan fingerprint density at radius 2 is 2.47 bits per heavy atom. The minimum atomic E-state index is 0.834. The van der Waals surface area contributed by atoms with Gasteiger partial charge in [0.1, 0.15) is 4.60 Å². The zero-order valence-corrected chi connectivity index (χ0v) is 10.7. The van der Waals surface area contributed by atoms with E-state index in [0.717, 1.165) is 22.8 Å². The van der Waals surface area contributed by atoms with Crippen molar-refractivity contribution in [2.45, 2.75) is 13.5 Å². The average Bonchev–Trinajstić information content (AvgIpc) is 2.76. The molecule has 6 heteroatoms. The van der Waals surface area contributed by atoms with Crippen LogP contribution in [0.2, 0.25) is 0 Å². The first-order chi connectivity index (χ1) is 7.24. The quantitative estimate of drug-likeness (QED) is 0.939. The molecule has 0 aliphatic carbocycles. The van der Waals surface area contributed by atoms with E-state index in [1.54, 1.807) is 11.3 Å². The van der Waals surface area contributed by atoms with Crippen molar-refractivity contribution >= 4 is 32.4 Å². The summed E-state index contributed by atoms with van der Waals surface area (Å²) in [6.07, 6.45) is 3.89. The van der Waals surface area contributed by atoms with E-state index in [2.05, 4.69) is 31.3 Å². The van der Waals surface area contributed by atoms with E-state index in [0.29, 0.717) is 0 Å². The Morgan fingerprint density at radius 1 is 1.60 bits per heavy atom. The van der Waals surface area contributed by atoms with Gasteiger partial charge in [0.05, 0.1) is 12.7 Å². The Hall–Kier alpha value is -0.880. The Morgan fingerprint density at radius 3 is 3.07 bits per heavy atom. The first kappa shape index (κ1) is 10.6. The van der Waals surface area contributed by atoms with Gasteiger partial charge in [0.2, 0.25) is 0 Å². The van der Waals surface area contributed by atoms with Gasteiger partial charge in [-0.25, -0.2) is 4.98 Å². The number of rotatable bonds is 4. The predicted octanol–water partition coefficient (Wildman–Crippen LogP) is 2.52. The van der Waals surface area contributed by atoms with Crippen molar-refractivity contribution < 1.29 is 0 Å². The van der Waals surface area contributed by atoms with E-state index < -0.39 is 0 Å². The molecule has 2 aromatic rings. The molecule has 0 bridgehead atoms. The van der Waals surface area contributed by atoms with Crippen molar-refractivity contribution in [1.82, 2.24) is 14.8 Å². The van der Waals surface area contributed by atoms with Crippen molar-refractivity contribution in [1.29, 1.82) is 0 Å². The summed E-state index contributed by atoms with van der Waals surface area (Å²) >= 11 is 4.91. The van der Waals surface area contributed by atoms with Crippen molar-refractivity contribution in [3.05, 3.63) is 27.9 Å². The van der Waals surface area contributed by atoms with E-state index in [-0.39, 0.29) is 0 Å². The molecule has 0 unspecified atom stereocenters. The summed E-state index contributed by atoms with van der Waals surface area (Å²) in [5.74, 6) is 0. The number of nitrogens with zero attached hydrogens (tertiary/aromatic N) is 3. The lowest BCUT2D eigenvalue weighted by molar-refractivity contribution is 0.637. The summed E-state index contributed by atoms with van der Waals surface area (Å²) in [6.45, 7) is 3.72. The smallest absolute Gasteiger partial charge is 0.183 e. The summed E-state index contributed by atoms with van der Waals surface area (Å²) < 4.78 is 2.80. The van der Waals surface area contributed by atoms with Gasteiger partial charge < -0.3 is 5.32 Å². The van der Waals surface area contributed by atoms with Crippen molar-refractivity contribution in [2.75, 3.05) is 11.9 Å². The van der Waals surface area contributed by atoms with E-state index in [9.17, 15) is 0 Å². The van der Waals surface area contributed by atoms with Crippen LogP contribution in [-0.4, -0.2) is 21.3 Å². The van der Waals surface area contributed by atoms with Crippen LogP contribution in [0.15, 0.2) is 22.4 Å². The lowest BCUT2D eigenvalue weighted by Crippen LogP contribution is -2.10. The number of hydrogen-bond donors (Lipinski definition) is 1. The van der Waals surface area contributed by atoms with Crippen LogP contribution in [0, 0.1) is 6.92 Å². The van der Waals surface area contributed by atoms with E-state index in [1.807, 2.05) is 29.4 Å². The molecule has 0 spiro atoms. The Kier molecular flexibility index (Phi) is 3.37. The van der Waals surface area contributed by atoms with Gasteiger partial charge in [-0.1, -0.05) is 0 Å². The predicted molar refractivity (Wildman–Crippen MR) is 65.3 cm³/mol. The SMILES string of the molecule is Cc1cnn(CCNc2nc(Br)cs2)c1. The number of hydrogen-bond acceptors (Lipinski definition) is 4. The Balaban J connectivity index is 1.80. The highest BCUT2D eigenvalue weighted by atomic mass is 79.9. The lowest BCUT2D eigenvalue weighted by atomic mass is 10.4. The summed E-state index contributed by atoms with van der Waals surface area (Å²) in [6, 6.07) is 0. The van der Waals surface area contributed by atoms with Crippen LogP contribution < -0.4 is 5.32 Å². The normalized spacial score (nSPS) is 10.5. The Bertz CT molecular complexity index is 397. The third-order valence-electron chi connectivity index (χ3n) is 1.86. The van der Waals surface area contributed by atoms with Crippen molar-refractivity contribution in [2.24, 2.45) is 0 Å². The van der Waals surface area contributed by atoms with Crippen LogP contribution in [-0.2, 0) is 6.54 Å². The molecule has 0 aliphatic heterocycles. The fourth-order valence-corrected chi connectivity index (χ4v) is 2.38. The van der Waals surface area contributed by atoms with Crippen LogP contribution in [0.25, 0.3) is 0 Å². The standard InChI is InChI=1S/C9H11BrN4S/c1-7-4-12-14(5-7)3-2-11-9-13-8(10)6-15-9/h4-6H,2-3H2,1H3,(H,11,13). The molecule has 0 fully saturated rings. The summed E-state index contributed by atoms with van der Waals surface area (Å²) in [5, 5.41) is 10.3. The molecule has 2 heterocycles. The fraction of sp³-hybridized carbons (Fsp3) is 0.333. The molecule has 2 aromatic heterocycles. The van der Waals surface area contributed by atoms with E-state index in [1.165, 1.54) is 5.56 Å². The number of thiazole rings is 1. The maximum Gasteiger partial charge on any atom is 0.183 e. The summed E-state index contributed by atoms with van der Waals surface area (Å²) in [7, 11) is 0. The number of halogens is 1. The monoisotopic (exact) mass is 286 g/mol. The van der Waals surface area contributed by atoms with Gasteiger partial charge in [0, 0.05) is 18.1 Å². The summed E-state index contributed by atoms with van der Waals surface area (Å²) in [4.78, 5) is 4.24. The molecule has 80 valence electrons. The number of anilines is 1. The maximum absolute atomic E-state index is 4.24. The van der Waals surface area contributed by atoms with Gasteiger partial charge in [0.25, 0.3) is 0 Å². The van der Waals surface area contributed by atoms with Gasteiger partial charge in [0.15, 0.2) is 5.13 Å². The zero-order valence-electron chi connectivity index (χ0n) is 8.27. The summed E-state index contributed by atoms with van der Waals surface area (Å²) in [5.41, 5.74) is 1.19. The van der Waals surface area contributed by atoms with Gasteiger partial charge in [-0.05, 0) is 28.4 Å². The number of aryl methyl sites for hydroxylation is 1. The highest BCUT2D eigenvalue weighted by Crippen LogP contribution is 2.18. The van der Waals surface area contributed by atoms with Crippen molar-refractivity contribution in [3.63, 3.8) is 0 Å². The molecule has 1 N–H and O–H groups in total. The third kappa shape index (κ3) is 3.04. The maximum atomic E-state index is 4.24. The second-order valence-corrected chi connectivity index (χ2v) is 4.85. The largest absolute Gasteiger partial charge is 0.360 e. The molecule has 4 nitrogen and oxygen atoms in total. The molecule has 2 rings (SSSR count). The molecule has 0 aliphatic rings. The van der Waals surface area contributed by atoms with Crippen molar-refractivity contribution in [3.8, 4) is 0 Å². The Labute approximate surface area is 100 Å². The first-order valence-electron chi connectivity index (χ1n) is 4.58. The topological polar surface area (TPSA) is 42.7 Å². The van der Waals surface area contributed by atoms with Crippen LogP contribution >= 0.6 is 27.3 Å². The van der Waals surface area contributed by atoms with Crippen LogP contribution in [0.4, 0.5) is 5.13 Å². The number of aromatic nitrogens is 3. The zero-order chi connectivity index (χ0) is 10.7. The minimum absolute atomic E-state index is 0.834. The van der Waals surface area contributed by atoms with Crippen LogP contribution in [0.5, 0.6) is 0 Å². The third-order valence-corrected chi connectivity index (χ3v) is 3.36. The number of nitrogens with one attached hydrogen (secondary N) is 1. The van der Waals surface area contributed by atoms with E-state index >= 15 is 0 Å². The van der Waals surface area contributed by atoms with E-state index in [4.69, 9.17) is 0 Å². The van der Waals surface area contributed by atoms with Gasteiger partial charge in [-0.3, -0.25) is 4.68 Å². The second-order valence-electron chi connectivity index (χ2n) is 3.18. The molecule has 0 radical (unpaired) electrons.